The van der Waals surface area contributed by atoms with E-state index in [-0.39, 0.29) is 5.82 Å². The number of carbonyl (C=O) groups excluding carboxylic acids is 1. The zero-order valence-corrected chi connectivity index (χ0v) is 18.2. The fourth-order valence-electron chi connectivity index (χ4n) is 4.13. The van der Waals surface area contributed by atoms with Gasteiger partial charge in [-0.3, -0.25) is 4.79 Å². The number of hydrogen-bond donors (Lipinski definition) is 2. The van der Waals surface area contributed by atoms with Gasteiger partial charge < -0.3 is 25.4 Å². The third-order valence-electron chi connectivity index (χ3n) is 5.87. The Morgan fingerprint density at radius 3 is 2.67 bits per heavy atom. The van der Waals surface area contributed by atoms with Crippen LogP contribution in [-0.4, -0.2) is 58.6 Å². The van der Waals surface area contributed by atoms with E-state index in [9.17, 15) is 9.18 Å². The second-order valence-corrected chi connectivity index (χ2v) is 8.15. The summed E-state index contributed by atoms with van der Waals surface area (Å²) in [6.07, 6.45) is 3.29. The van der Waals surface area contributed by atoms with Crippen molar-refractivity contribution in [3.63, 3.8) is 0 Å². The molecule has 0 atom stereocenters. The number of nitrogens with one attached hydrogen (secondary N) is 1. The van der Waals surface area contributed by atoms with E-state index < -0.39 is 5.91 Å². The number of rotatable bonds is 5. The first-order valence-corrected chi connectivity index (χ1v) is 10.7. The molecule has 3 N–H and O–H groups in total. The van der Waals surface area contributed by atoms with Crippen molar-refractivity contribution in [2.24, 2.45) is 5.73 Å². The summed E-state index contributed by atoms with van der Waals surface area (Å²) in [6, 6.07) is 14.1. The molecule has 4 aromatic rings. The Bertz CT molecular complexity index is 1330. The van der Waals surface area contributed by atoms with Gasteiger partial charge in [0.1, 0.15) is 11.6 Å². The molecule has 8 nitrogen and oxygen atoms in total. The van der Waals surface area contributed by atoms with E-state index in [0.29, 0.717) is 23.0 Å². The summed E-state index contributed by atoms with van der Waals surface area (Å²) < 4.78 is 16.2. The number of para-hydroxylation sites is 1. The molecule has 0 aliphatic carbocycles. The molecule has 9 heteroatoms. The maximum atomic E-state index is 14.4. The number of carbonyl (C=O) groups is 1. The fraction of sp³-hybridized carbons (Fsp3) is 0.208. The zero-order chi connectivity index (χ0) is 22.9. The fourth-order valence-corrected chi connectivity index (χ4v) is 4.13. The molecule has 2 aromatic heterocycles. The summed E-state index contributed by atoms with van der Waals surface area (Å²) >= 11 is 0. The summed E-state index contributed by atoms with van der Waals surface area (Å²) in [5.74, 6) is 0.0499. The molecule has 168 valence electrons. The van der Waals surface area contributed by atoms with Gasteiger partial charge in [-0.2, -0.15) is 4.98 Å². The Morgan fingerprint density at radius 2 is 1.88 bits per heavy atom. The molecular formula is C24H24FN7O. The normalized spacial score (nSPS) is 14.5. The van der Waals surface area contributed by atoms with Crippen molar-refractivity contribution >= 4 is 34.1 Å². The van der Waals surface area contributed by atoms with Crippen LogP contribution in [0, 0.1) is 5.82 Å². The van der Waals surface area contributed by atoms with Gasteiger partial charge in [-0.1, -0.05) is 18.2 Å². The van der Waals surface area contributed by atoms with Crippen LogP contribution < -0.4 is 16.0 Å². The highest BCUT2D eigenvalue weighted by Gasteiger charge is 2.17. The SMILES string of the molecule is CN1CCN(c2cc(F)cc(Nc3nccc(-n4cc(C(N)=O)c5ccccc54)n3)c2)CC1. The van der Waals surface area contributed by atoms with E-state index in [1.54, 1.807) is 29.1 Å². The minimum atomic E-state index is -0.506. The van der Waals surface area contributed by atoms with Crippen LogP contribution in [0.25, 0.3) is 16.7 Å². The van der Waals surface area contributed by atoms with Gasteiger partial charge in [0.05, 0.1) is 11.1 Å². The number of primary amides is 1. The lowest BCUT2D eigenvalue weighted by Crippen LogP contribution is -2.44. The summed E-state index contributed by atoms with van der Waals surface area (Å²) in [7, 11) is 2.08. The lowest BCUT2D eigenvalue weighted by Gasteiger charge is -2.34. The Kier molecular flexibility index (Phi) is 5.39. The summed E-state index contributed by atoms with van der Waals surface area (Å²) in [5, 5.41) is 3.87. The Hall–Kier alpha value is -3.98. The predicted octanol–water partition coefficient (Wildman–Crippen LogP) is 3.15. The monoisotopic (exact) mass is 445 g/mol. The molecule has 0 radical (unpaired) electrons. The second kappa shape index (κ2) is 8.51. The second-order valence-electron chi connectivity index (χ2n) is 8.15. The zero-order valence-electron chi connectivity index (χ0n) is 18.2. The molecule has 5 rings (SSSR count). The van der Waals surface area contributed by atoms with E-state index in [0.717, 1.165) is 42.8 Å². The smallest absolute Gasteiger partial charge is 0.250 e. The van der Waals surface area contributed by atoms with Crippen molar-refractivity contribution in [2.75, 3.05) is 43.4 Å². The van der Waals surface area contributed by atoms with Crippen LogP contribution in [0.4, 0.5) is 21.7 Å². The minimum absolute atomic E-state index is 0.320. The van der Waals surface area contributed by atoms with Crippen LogP contribution in [0.3, 0.4) is 0 Å². The number of piperazine rings is 1. The van der Waals surface area contributed by atoms with Gasteiger partial charge >= 0.3 is 0 Å². The number of benzene rings is 2. The summed E-state index contributed by atoms with van der Waals surface area (Å²) in [5.41, 5.74) is 8.17. The predicted molar refractivity (Wildman–Crippen MR) is 127 cm³/mol. The molecule has 33 heavy (non-hydrogen) atoms. The highest BCUT2D eigenvalue weighted by molar-refractivity contribution is 6.06. The Labute approximate surface area is 190 Å². The van der Waals surface area contributed by atoms with Crippen LogP contribution in [0.1, 0.15) is 10.4 Å². The first-order chi connectivity index (χ1) is 16.0. The number of nitrogens with two attached hydrogens (primary N) is 1. The maximum absolute atomic E-state index is 14.4. The standard InChI is InChI=1S/C24H24FN7O/c1-30-8-10-31(11-9-30)18-13-16(25)12-17(14-18)28-24-27-7-6-22(29-24)32-15-20(23(26)33)19-4-2-3-5-21(19)32/h2-7,12-15H,8-11H2,1H3,(H2,26,33)(H,27,28,29). The highest BCUT2D eigenvalue weighted by Crippen LogP contribution is 2.26. The lowest BCUT2D eigenvalue weighted by atomic mass is 10.2. The molecule has 1 amide bonds. The van der Waals surface area contributed by atoms with Gasteiger partial charge in [-0.25, -0.2) is 9.37 Å². The maximum Gasteiger partial charge on any atom is 0.250 e. The molecule has 0 spiro atoms. The summed E-state index contributed by atoms with van der Waals surface area (Å²) in [6.45, 7) is 3.55. The number of fused-ring (bicyclic) bond motifs is 1. The van der Waals surface area contributed by atoms with Gasteiger partial charge in [0, 0.05) is 55.3 Å². The first kappa shape index (κ1) is 20.9. The van der Waals surface area contributed by atoms with Gasteiger partial charge in [-0.05, 0) is 37.4 Å². The third kappa shape index (κ3) is 4.22. The van der Waals surface area contributed by atoms with Crippen LogP contribution >= 0.6 is 0 Å². The van der Waals surface area contributed by atoms with Crippen LogP contribution in [-0.2, 0) is 0 Å². The molecule has 2 aromatic carbocycles. The molecular weight excluding hydrogens is 421 g/mol. The topological polar surface area (TPSA) is 92.3 Å². The largest absolute Gasteiger partial charge is 0.369 e. The quantitative estimate of drug-likeness (QED) is 0.490. The number of halogens is 1. The van der Waals surface area contributed by atoms with Gasteiger partial charge in [-0.15, -0.1) is 0 Å². The van der Waals surface area contributed by atoms with Crippen molar-refractivity contribution in [1.29, 1.82) is 0 Å². The summed E-state index contributed by atoms with van der Waals surface area (Å²) in [4.78, 5) is 25.2. The first-order valence-electron chi connectivity index (χ1n) is 10.7. The molecule has 0 unspecified atom stereocenters. The molecule has 1 fully saturated rings. The van der Waals surface area contributed by atoms with Crippen molar-refractivity contribution in [3.05, 3.63) is 72.3 Å². The van der Waals surface area contributed by atoms with Gasteiger partial charge in [0.15, 0.2) is 0 Å². The van der Waals surface area contributed by atoms with E-state index >= 15 is 0 Å². The Morgan fingerprint density at radius 1 is 1.09 bits per heavy atom. The molecule has 0 saturated carbocycles. The number of hydrogen-bond acceptors (Lipinski definition) is 6. The number of anilines is 3. The molecule has 3 heterocycles. The van der Waals surface area contributed by atoms with E-state index in [1.807, 2.05) is 30.3 Å². The number of aromatic nitrogens is 3. The van der Waals surface area contributed by atoms with Gasteiger partial charge in [0.2, 0.25) is 5.95 Å². The number of likely N-dealkylation sites (N-methyl/N-ethyl adjacent to an activating group) is 1. The van der Waals surface area contributed by atoms with Crippen molar-refractivity contribution in [2.45, 2.75) is 0 Å². The third-order valence-corrected chi connectivity index (χ3v) is 5.87. The highest BCUT2D eigenvalue weighted by atomic mass is 19.1. The molecule has 1 aliphatic heterocycles. The van der Waals surface area contributed by atoms with Crippen molar-refractivity contribution < 1.29 is 9.18 Å². The minimum Gasteiger partial charge on any atom is -0.369 e. The van der Waals surface area contributed by atoms with Crippen molar-refractivity contribution in [1.82, 2.24) is 19.4 Å². The van der Waals surface area contributed by atoms with E-state index in [1.165, 1.54) is 6.07 Å². The Balaban J connectivity index is 1.46. The molecule has 1 saturated heterocycles. The number of nitrogens with zero attached hydrogens (tertiary/aromatic N) is 5. The lowest BCUT2D eigenvalue weighted by molar-refractivity contribution is 0.100. The van der Waals surface area contributed by atoms with Crippen LogP contribution in [0.2, 0.25) is 0 Å². The van der Waals surface area contributed by atoms with Gasteiger partial charge in [0.25, 0.3) is 5.91 Å². The molecule has 0 bridgehead atoms. The average Bonchev–Trinajstić information content (AvgIpc) is 3.19. The van der Waals surface area contributed by atoms with E-state index in [2.05, 4.69) is 32.1 Å². The molecule has 1 aliphatic rings. The van der Waals surface area contributed by atoms with Crippen LogP contribution in [0.15, 0.2) is 60.9 Å². The van der Waals surface area contributed by atoms with E-state index in [4.69, 9.17) is 5.73 Å². The van der Waals surface area contributed by atoms with Crippen molar-refractivity contribution in [3.8, 4) is 5.82 Å². The average molecular weight is 446 g/mol. The van der Waals surface area contributed by atoms with Crippen LogP contribution in [0.5, 0.6) is 0 Å². The number of amides is 1.